The van der Waals surface area contributed by atoms with Gasteiger partial charge in [0.25, 0.3) is 5.91 Å². The van der Waals surface area contributed by atoms with E-state index < -0.39 is 25.8 Å². The Labute approximate surface area is 127 Å². The molecule has 2 aromatic carbocycles. The second kappa shape index (κ2) is 5.16. The molecule has 3 rings (SSSR count). The summed E-state index contributed by atoms with van der Waals surface area (Å²) in [6, 6.07) is 17.3. The molecular formula is C15H12ClNO3S. The quantitative estimate of drug-likeness (QED) is 0.799. The van der Waals surface area contributed by atoms with Crippen LogP contribution in [0.4, 0.5) is 5.69 Å². The highest BCUT2D eigenvalue weighted by Gasteiger charge is 2.53. The van der Waals surface area contributed by atoms with Crippen molar-refractivity contribution in [2.75, 3.05) is 4.90 Å². The summed E-state index contributed by atoms with van der Waals surface area (Å²) in [5.41, 5.74) is 1.04. The fourth-order valence-electron chi connectivity index (χ4n) is 2.43. The van der Waals surface area contributed by atoms with Crippen molar-refractivity contribution in [3.8, 4) is 0 Å². The van der Waals surface area contributed by atoms with Crippen molar-refractivity contribution >= 4 is 33.0 Å². The molecule has 2 atom stereocenters. The molecule has 0 radical (unpaired) electrons. The molecule has 1 heterocycles. The van der Waals surface area contributed by atoms with Crippen LogP contribution in [0.5, 0.6) is 0 Å². The highest BCUT2D eigenvalue weighted by atomic mass is 35.5. The number of alkyl halides is 1. The van der Waals surface area contributed by atoms with Gasteiger partial charge in [-0.3, -0.25) is 9.69 Å². The van der Waals surface area contributed by atoms with Crippen LogP contribution < -0.4 is 4.90 Å². The van der Waals surface area contributed by atoms with E-state index in [-0.39, 0.29) is 0 Å². The fourth-order valence-corrected chi connectivity index (χ4v) is 4.51. The first-order valence-corrected chi connectivity index (χ1v) is 8.38. The van der Waals surface area contributed by atoms with E-state index in [0.717, 1.165) is 0 Å². The molecule has 1 aliphatic rings. The van der Waals surface area contributed by atoms with Crippen molar-refractivity contribution in [2.45, 2.75) is 10.1 Å². The topological polar surface area (TPSA) is 54.5 Å². The van der Waals surface area contributed by atoms with Gasteiger partial charge in [-0.1, -0.05) is 60.1 Å². The molecule has 2 aromatic rings. The second-order valence-corrected chi connectivity index (χ2v) is 7.50. The average Bonchev–Trinajstić information content (AvgIpc) is 2.69. The fraction of sp³-hybridized carbons (Fsp3) is 0.133. The molecule has 0 spiro atoms. The van der Waals surface area contributed by atoms with Gasteiger partial charge in [0, 0.05) is 5.69 Å². The van der Waals surface area contributed by atoms with E-state index in [1.165, 1.54) is 4.90 Å². The number of carbonyl (C=O) groups excluding carboxylic acids is 1. The number of benzene rings is 2. The predicted molar refractivity (Wildman–Crippen MR) is 81.7 cm³/mol. The first-order valence-electron chi connectivity index (χ1n) is 6.33. The van der Waals surface area contributed by atoms with Crippen LogP contribution in [-0.4, -0.2) is 19.0 Å². The monoisotopic (exact) mass is 321 g/mol. The zero-order chi connectivity index (χ0) is 15.0. The molecule has 21 heavy (non-hydrogen) atoms. The molecule has 0 saturated carbocycles. The molecule has 0 aliphatic carbocycles. The highest BCUT2D eigenvalue weighted by molar-refractivity contribution is 7.95. The van der Waals surface area contributed by atoms with Crippen molar-refractivity contribution in [1.29, 1.82) is 0 Å². The number of para-hydroxylation sites is 1. The zero-order valence-electron chi connectivity index (χ0n) is 10.9. The number of hydrogen-bond donors (Lipinski definition) is 0. The van der Waals surface area contributed by atoms with Crippen LogP contribution in [0.3, 0.4) is 0 Å². The first kappa shape index (κ1) is 14.1. The summed E-state index contributed by atoms with van der Waals surface area (Å²) in [6.07, 6.45) is 0. The van der Waals surface area contributed by atoms with Crippen molar-refractivity contribution in [3.63, 3.8) is 0 Å². The normalized spacial score (nSPS) is 24.2. The summed E-state index contributed by atoms with van der Waals surface area (Å²) in [6.45, 7) is 0. The molecule has 1 saturated heterocycles. The van der Waals surface area contributed by atoms with Crippen LogP contribution >= 0.6 is 11.6 Å². The Morgan fingerprint density at radius 3 is 2.00 bits per heavy atom. The van der Waals surface area contributed by atoms with Crippen LogP contribution in [0, 0.1) is 0 Å². The van der Waals surface area contributed by atoms with Crippen molar-refractivity contribution < 1.29 is 13.2 Å². The van der Waals surface area contributed by atoms with Crippen LogP contribution in [0.2, 0.25) is 0 Å². The van der Waals surface area contributed by atoms with Crippen LogP contribution in [0.25, 0.3) is 0 Å². The summed E-state index contributed by atoms with van der Waals surface area (Å²) >= 11 is 5.86. The van der Waals surface area contributed by atoms with Gasteiger partial charge in [0.1, 0.15) is 0 Å². The van der Waals surface area contributed by atoms with Crippen molar-refractivity contribution in [3.05, 3.63) is 66.2 Å². The van der Waals surface area contributed by atoms with E-state index in [2.05, 4.69) is 0 Å². The van der Waals surface area contributed by atoms with Gasteiger partial charge in [-0.25, -0.2) is 8.42 Å². The largest absolute Gasteiger partial charge is 0.288 e. The molecule has 0 aromatic heterocycles. The lowest BCUT2D eigenvalue weighted by Gasteiger charge is -2.23. The number of nitrogens with zero attached hydrogens (tertiary/aromatic N) is 1. The van der Waals surface area contributed by atoms with E-state index in [9.17, 15) is 13.2 Å². The summed E-state index contributed by atoms with van der Waals surface area (Å²) in [4.78, 5) is 13.6. The first-order chi connectivity index (χ1) is 10.0. The number of carbonyl (C=O) groups is 1. The van der Waals surface area contributed by atoms with Gasteiger partial charge in [0.2, 0.25) is 14.5 Å². The maximum Gasteiger partial charge on any atom is 0.262 e. The van der Waals surface area contributed by atoms with E-state index in [4.69, 9.17) is 11.6 Å². The van der Waals surface area contributed by atoms with E-state index in [1.807, 2.05) is 0 Å². The molecule has 4 nitrogen and oxygen atoms in total. The zero-order valence-corrected chi connectivity index (χ0v) is 12.5. The Morgan fingerprint density at radius 1 is 0.905 bits per heavy atom. The number of amides is 1. The van der Waals surface area contributed by atoms with Gasteiger partial charge in [-0.05, 0) is 17.7 Å². The number of sulfone groups is 1. The molecule has 2 unspecified atom stereocenters. The Bertz CT molecular complexity index is 762. The molecular weight excluding hydrogens is 310 g/mol. The Kier molecular flexibility index (Phi) is 3.47. The van der Waals surface area contributed by atoms with E-state index >= 15 is 0 Å². The second-order valence-electron chi connectivity index (χ2n) is 4.71. The number of anilines is 1. The van der Waals surface area contributed by atoms with Crippen LogP contribution in [-0.2, 0) is 14.6 Å². The lowest BCUT2D eigenvalue weighted by atomic mass is 10.2. The molecule has 1 aliphatic heterocycles. The Balaban J connectivity index is 2.19. The third-order valence-corrected chi connectivity index (χ3v) is 6.20. The van der Waals surface area contributed by atoms with Gasteiger partial charge in [0.15, 0.2) is 5.37 Å². The van der Waals surface area contributed by atoms with E-state index in [0.29, 0.717) is 11.3 Å². The standard InChI is InChI=1S/C15H12ClNO3S/c16-13-14(18)17(12-9-5-2-6-10-12)15(21(13,19)20)11-7-3-1-4-8-11/h1-10,13,15H. The van der Waals surface area contributed by atoms with Crippen molar-refractivity contribution in [1.82, 2.24) is 0 Å². The molecule has 1 fully saturated rings. The van der Waals surface area contributed by atoms with Crippen LogP contribution in [0.1, 0.15) is 10.9 Å². The summed E-state index contributed by atoms with van der Waals surface area (Å²) in [5, 5.41) is -1.09. The SMILES string of the molecule is O=C1C(Cl)S(=O)(=O)C(c2ccccc2)N1c1ccccc1. The molecule has 6 heteroatoms. The third-order valence-electron chi connectivity index (χ3n) is 3.38. The van der Waals surface area contributed by atoms with Gasteiger partial charge >= 0.3 is 0 Å². The lowest BCUT2D eigenvalue weighted by Crippen LogP contribution is -2.29. The van der Waals surface area contributed by atoms with Gasteiger partial charge in [-0.2, -0.15) is 0 Å². The number of rotatable bonds is 2. The van der Waals surface area contributed by atoms with Crippen molar-refractivity contribution in [2.24, 2.45) is 0 Å². The predicted octanol–water partition coefficient (Wildman–Crippen LogP) is 2.71. The summed E-state index contributed by atoms with van der Waals surface area (Å²) < 4.78 is 23.4. The minimum Gasteiger partial charge on any atom is -0.288 e. The number of hydrogen-bond acceptors (Lipinski definition) is 3. The molecule has 1 amide bonds. The minimum atomic E-state index is -3.82. The Hall–Kier alpha value is -1.85. The van der Waals surface area contributed by atoms with Gasteiger partial charge < -0.3 is 0 Å². The summed E-state index contributed by atoms with van der Waals surface area (Å²) in [5.74, 6) is -0.614. The van der Waals surface area contributed by atoms with E-state index in [1.54, 1.807) is 60.7 Å². The third kappa shape index (κ3) is 2.22. The lowest BCUT2D eigenvalue weighted by molar-refractivity contribution is -0.116. The van der Waals surface area contributed by atoms with Gasteiger partial charge in [-0.15, -0.1) is 0 Å². The van der Waals surface area contributed by atoms with Crippen LogP contribution in [0.15, 0.2) is 60.7 Å². The minimum absolute atomic E-state index is 0.517. The van der Waals surface area contributed by atoms with Gasteiger partial charge in [0.05, 0.1) is 0 Å². The smallest absolute Gasteiger partial charge is 0.262 e. The Morgan fingerprint density at radius 2 is 1.43 bits per heavy atom. The highest BCUT2D eigenvalue weighted by Crippen LogP contribution is 2.41. The average molecular weight is 322 g/mol. The maximum absolute atomic E-state index is 12.5. The number of halogens is 1. The summed E-state index contributed by atoms with van der Waals surface area (Å²) in [7, 11) is -3.82. The molecule has 0 bridgehead atoms. The molecule has 108 valence electrons. The molecule has 0 N–H and O–H groups in total. The maximum atomic E-state index is 12.5.